The second-order valence-electron chi connectivity index (χ2n) is 5.33. The van der Waals surface area contributed by atoms with Crippen LogP contribution in [0.2, 0.25) is 0 Å². The predicted molar refractivity (Wildman–Crippen MR) is 82.6 cm³/mol. The average Bonchev–Trinajstić information content (AvgIpc) is 2.90. The Balaban J connectivity index is 2.16. The minimum absolute atomic E-state index is 0.440. The zero-order chi connectivity index (χ0) is 14.1. The third-order valence-electron chi connectivity index (χ3n) is 3.68. The van der Waals surface area contributed by atoms with Crippen molar-refractivity contribution < 1.29 is 0 Å². The van der Waals surface area contributed by atoms with Crippen molar-refractivity contribution in [2.75, 3.05) is 0 Å². The van der Waals surface area contributed by atoms with Crippen LogP contribution < -0.4 is 5.73 Å². The lowest BCUT2D eigenvalue weighted by atomic mass is 10.0. The quantitative estimate of drug-likeness (QED) is 0.786. The second-order valence-corrected chi connectivity index (χ2v) is 5.33. The molecule has 0 saturated carbocycles. The standard InChI is InChI=1S/C17H19N3/c1-12(2)13-6-8-14(9-7-13)16-5-3-4-15-11-19-17(10-18)20(15)16/h3-9,11-12H,10,18H2,1-2H3. The summed E-state index contributed by atoms with van der Waals surface area (Å²) in [5.74, 6) is 1.44. The van der Waals surface area contributed by atoms with Crippen LogP contribution in [0, 0.1) is 0 Å². The van der Waals surface area contributed by atoms with Gasteiger partial charge in [-0.1, -0.05) is 44.2 Å². The van der Waals surface area contributed by atoms with E-state index in [2.05, 4.69) is 65.7 Å². The molecule has 3 nitrogen and oxygen atoms in total. The van der Waals surface area contributed by atoms with E-state index in [-0.39, 0.29) is 0 Å². The number of hydrogen-bond acceptors (Lipinski definition) is 2. The number of hydrogen-bond donors (Lipinski definition) is 1. The molecular weight excluding hydrogens is 246 g/mol. The highest BCUT2D eigenvalue weighted by Gasteiger charge is 2.08. The molecule has 0 aliphatic rings. The number of rotatable bonds is 3. The van der Waals surface area contributed by atoms with Gasteiger partial charge >= 0.3 is 0 Å². The normalized spacial score (nSPS) is 11.4. The van der Waals surface area contributed by atoms with Crippen LogP contribution in [-0.2, 0) is 6.54 Å². The Kier molecular flexibility index (Phi) is 3.28. The summed E-state index contributed by atoms with van der Waals surface area (Å²) in [7, 11) is 0. The molecule has 0 radical (unpaired) electrons. The summed E-state index contributed by atoms with van der Waals surface area (Å²) in [5, 5.41) is 0. The molecule has 2 heterocycles. The topological polar surface area (TPSA) is 43.3 Å². The monoisotopic (exact) mass is 265 g/mol. The van der Waals surface area contributed by atoms with Crippen LogP contribution >= 0.6 is 0 Å². The second kappa shape index (κ2) is 5.10. The van der Waals surface area contributed by atoms with Crippen LogP contribution in [0.1, 0.15) is 31.2 Å². The first-order valence-electron chi connectivity index (χ1n) is 6.96. The summed E-state index contributed by atoms with van der Waals surface area (Å²) in [4.78, 5) is 4.38. The molecule has 0 fully saturated rings. The summed E-state index contributed by atoms with van der Waals surface area (Å²) in [6.07, 6.45) is 1.87. The Bertz CT molecular complexity index is 724. The Labute approximate surface area is 119 Å². The first kappa shape index (κ1) is 12.9. The number of pyridine rings is 1. The van der Waals surface area contributed by atoms with Gasteiger partial charge in [0, 0.05) is 0 Å². The first-order valence-corrected chi connectivity index (χ1v) is 6.96. The molecule has 0 aliphatic heterocycles. The average molecular weight is 265 g/mol. The molecule has 20 heavy (non-hydrogen) atoms. The number of nitrogens with zero attached hydrogens (tertiary/aromatic N) is 2. The van der Waals surface area contributed by atoms with E-state index in [1.54, 1.807) is 0 Å². The number of benzene rings is 1. The Morgan fingerprint density at radius 2 is 1.85 bits per heavy atom. The van der Waals surface area contributed by atoms with Gasteiger partial charge in [0.25, 0.3) is 0 Å². The number of fused-ring (bicyclic) bond motifs is 1. The number of aromatic nitrogens is 2. The van der Waals surface area contributed by atoms with Gasteiger partial charge in [-0.05, 0) is 29.2 Å². The van der Waals surface area contributed by atoms with E-state index in [9.17, 15) is 0 Å². The van der Waals surface area contributed by atoms with Crippen molar-refractivity contribution in [1.29, 1.82) is 0 Å². The number of imidazole rings is 1. The molecule has 0 unspecified atom stereocenters. The minimum Gasteiger partial charge on any atom is -0.324 e. The minimum atomic E-state index is 0.440. The Morgan fingerprint density at radius 3 is 2.50 bits per heavy atom. The van der Waals surface area contributed by atoms with Gasteiger partial charge in [0.1, 0.15) is 5.82 Å². The van der Waals surface area contributed by atoms with E-state index < -0.39 is 0 Å². The van der Waals surface area contributed by atoms with Gasteiger partial charge in [-0.15, -0.1) is 0 Å². The fourth-order valence-electron chi connectivity index (χ4n) is 2.52. The molecule has 0 atom stereocenters. The maximum Gasteiger partial charge on any atom is 0.127 e. The molecule has 3 heteroatoms. The summed E-state index contributed by atoms with van der Waals surface area (Å²) in [6.45, 7) is 4.85. The van der Waals surface area contributed by atoms with Crippen LogP contribution in [-0.4, -0.2) is 9.38 Å². The van der Waals surface area contributed by atoms with E-state index in [1.807, 2.05) is 6.20 Å². The highest BCUT2D eigenvalue weighted by Crippen LogP contribution is 2.24. The van der Waals surface area contributed by atoms with Crippen molar-refractivity contribution >= 4 is 5.52 Å². The van der Waals surface area contributed by atoms with Gasteiger partial charge in [0.15, 0.2) is 0 Å². The van der Waals surface area contributed by atoms with Gasteiger partial charge in [-0.3, -0.25) is 4.40 Å². The van der Waals surface area contributed by atoms with Crippen molar-refractivity contribution in [2.24, 2.45) is 5.73 Å². The summed E-state index contributed by atoms with van der Waals surface area (Å²) >= 11 is 0. The molecule has 0 amide bonds. The Hall–Kier alpha value is -2.13. The summed E-state index contributed by atoms with van der Waals surface area (Å²) in [5.41, 5.74) is 10.5. The van der Waals surface area contributed by atoms with Crippen LogP contribution in [0.15, 0.2) is 48.7 Å². The van der Waals surface area contributed by atoms with Crippen LogP contribution in [0.4, 0.5) is 0 Å². The molecule has 0 saturated heterocycles. The van der Waals surface area contributed by atoms with Crippen molar-refractivity contribution in [3.05, 3.63) is 60.0 Å². The third-order valence-corrected chi connectivity index (χ3v) is 3.68. The highest BCUT2D eigenvalue weighted by molar-refractivity contribution is 5.65. The molecule has 0 bridgehead atoms. The van der Waals surface area contributed by atoms with Gasteiger partial charge in [0.2, 0.25) is 0 Å². The van der Waals surface area contributed by atoms with E-state index >= 15 is 0 Å². The molecule has 1 aromatic carbocycles. The maximum atomic E-state index is 5.79. The lowest BCUT2D eigenvalue weighted by Gasteiger charge is -2.10. The van der Waals surface area contributed by atoms with E-state index in [1.165, 1.54) is 11.1 Å². The predicted octanol–water partition coefficient (Wildman–Crippen LogP) is 3.58. The summed E-state index contributed by atoms with van der Waals surface area (Å²) < 4.78 is 2.13. The fraction of sp³-hybridized carbons (Fsp3) is 0.235. The van der Waals surface area contributed by atoms with Gasteiger partial charge in [-0.2, -0.15) is 0 Å². The maximum absolute atomic E-state index is 5.79. The largest absolute Gasteiger partial charge is 0.324 e. The SMILES string of the molecule is CC(C)c1ccc(-c2cccc3cnc(CN)n23)cc1. The highest BCUT2D eigenvalue weighted by atomic mass is 15.0. The summed E-state index contributed by atoms with van der Waals surface area (Å²) in [6, 6.07) is 14.9. The molecule has 0 spiro atoms. The van der Waals surface area contributed by atoms with Gasteiger partial charge in [0.05, 0.1) is 24.0 Å². The number of nitrogens with two attached hydrogens (primary N) is 1. The van der Waals surface area contributed by atoms with Crippen LogP contribution in [0.25, 0.3) is 16.8 Å². The molecule has 102 valence electrons. The van der Waals surface area contributed by atoms with Crippen molar-refractivity contribution in [3.63, 3.8) is 0 Å². The molecule has 0 aliphatic carbocycles. The fourth-order valence-corrected chi connectivity index (χ4v) is 2.52. The smallest absolute Gasteiger partial charge is 0.127 e. The lowest BCUT2D eigenvalue weighted by molar-refractivity contribution is 0.866. The zero-order valence-electron chi connectivity index (χ0n) is 11.9. The van der Waals surface area contributed by atoms with E-state index in [0.717, 1.165) is 17.0 Å². The zero-order valence-corrected chi connectivity index (χ0v) is 11.9. The van der Waals surface area contributed by atoms with Crippen LogP contribution in [0.5, 0.6) is 0 Å². The molecule has 2 aromatic heterocycles. The van der Waals surface area contributed by atoms with Crippen molar-refractivity contribution in [1.82, 2.24) is 9.38 Å². The van der Waals surface area contributed by atoms with Gasteiger partial charge in [-0.25, -0.2) is 4.98 Å². The van der Waals surface area contributed by atoms with Crippen molar-refractivity contribution in [2.45, 2.75) is 26.3 Å². The lowest BCUT2D eigenvalue weighted by Crippen LogP contribution is -2.04. The first-order chi connectivity index (χ1) is 9.70. The van der Waals surface area contributed by atoms with Gasteiger partial charge < -0.3 is 5.73 Å². The molecule has 3 rings (SSSR count). The molecule has 2 N–H and O–H groups in total. The molecule has 3 aromatic rings. The van der Waals surface area contributed by atoms with E-state index in [0.29, 0.717) is 12.5 Å². The molecular formula is C17H19N3. The van der Waals surface area contributed by atoms with Crippen molar-refractivity contribution in [3.8, 4) is 11.3 Å². The van der Waals surface area contributed by atoms with E-state index in [4.69, 9.17) is 5.73 Å². The third kappa shape index (κ3) is 2.10. The van der Waals surface area contributed by atoms with Crippen LogP contribution in [0.3, 0.4) is 0 Å². The Morgan fingerprint density at radius 1 is 1.10 bits per heavy atom.